The van der Waals surface area contributed by atoms with E-state index in [2.05, 4.69) is 16.0 Å². The van der Waals surface area contributed by atoms with Crippen molar-refractivity contribution >= 4 is 16.9 Å². The molecule has 5 aliphatic rings. The van der Waals surface area contributed by atoms with E-state index in [9.17, 15) is 9.90 Å². The molecule has 4 atom stereocenters. The van der Waals surface area contributed by atoms with Crippen molar-refractivity contribution in [2.45, 2.75) is 55.3 Å². The summed E-state index contributed by atoms with van der Waals surface area (Å²) in [5, 5.41) is 14.0. The lowest BCUT2D eigenvalue weighted by Crippen LogP contribution is -2.74. The molecule has 1 spiro atoms. The molecular formula is C29H30N2O5. The molecule has 1 aromatic heterocycles. The third-order valence-electron chi connectivity index (χ3n) is 9.79. The van der Waals surface area contributed by atoms with Gasteiger partial charge in [-0.15, -0.1) is 0 Å². The largest absolute Gasteiger partial charge is 0.493 e. The van der Waals surface area contributed by atoms with Crippen LogP contribution < -0.4 is 9.47 Å². The number of rotatable bonds is 4. The summed E-state index contributed by atoms with van der Waals surface area (Å²) < 4.78 is 17.5. The summed E-state index contributed by atoms with van der Waals surface area (Å²) in [6.45, 7) is 2.03. The highest BCUT2D eigenvalue weighted by molar-refractivity contribution is 5.96. The van der Waals surface area contributed by atoms with Gasteiger partial charge in [-0.05, 0) is 67.5 Å². The summed E-state index contributed by atoms with van der Waals surface area (Å²) in [5.41, 5.74) is 4.42. The van der Waals surface area contributed by atoms with E-state index in [1.54, 1.807) is 7.11 Å². The molecule has 0 radical (unpaired) electrons. The van der Waals surface area contributed by atoms with Crippen molar-refractivity contribution in [1.29, 1.82) is 0 Å². The topological polar surface area (TPSA) is 84.0 Å². The van der Waals surface area contributed by atoms with Crippen molar-refractivity contribution in [2.24, 2.45) is 5.92 Å². The summed E-state index contributed by atoms with van der Waals surface area (Å²) in [5.74, 6) is 1.91. The maximum Gasteiger partial charge on any atom is 0.337 e. The van der Waals surface area contributed by atoms with Crippen LogP contribution in [-0.2, 0) is 23.0 Å². The fraction of sp³-hybridized carbons (Fsp3) is 0.483. The van der Waals surface area contributed by atoms with Crippen LogP contribution in [0.2, 0.25) is 0 Å². The van der Waals surface area contributed by atoms with E-state index in [0.717, 1.165) is 71.1 Å². The number of aliphatic hydroxyl groups is 1. The fourth-order valence-corrected chi connectivity index (χ4v) is 8.02. The Morgan fingerprint density at radius 1 is 1.25 bits per heavy atom. The van der Waals surface area contributed by atoms with Crippen LogP contribution in [0.25, 0.3) is 10.9 Å². The first-order chi connectivity index (χ1) is 17.5. The summed E-state index contributed by atoms with van der Waals surface area (Å²) in [4.78, 5) is 18.4. The summed E-state index contributed by atoms with van der Waals surface area (Å²) >= 11 is 0. The van der Waals surface area contributed by atoms with Gasteiger partial charge >= 0.3 is 5.97 Å². The molecule has 2 aromatic carbocycles. The number of nitrogens with zero attached hydrogens (tertiary/aromatic N) is 1. The lowest BCUT2D eigenvalue weighted by molar-refractivity contribution is -0.173. The minimum atomic E-state index is -0.960. The fourth-order valence-electron chi connectivity index (χ4n) is 8.02. The number of aromatic amines is 1. The van der Waals surface area contributed by atoms with Gasteiger partial charge in [0, 0.05) is 35.5 Å². The molecule has 3 aliphatic carbocycles. The number of esters is 1. The Bertz CT molecular complexity index is 1460. The molecule has 0 amide bonds. The minimum Gasteiger partial charge on any atom is -0.493 e. The van der Waals surface area contributed by atoms with Gasteiger partial charge in [0.1, 0.15) is 0 Å². The number of carbonyl (C=O) groups is 1. The van der Waals surface area contributed by atoms with Gasteiger partial charge in [-0.3, -0.25) is 4.90 Å². The van der Waals surface area contributed by atoms with Gasteiger partial charge < -0.3 is 24.3 Å². The molecule has 7 nitrogen and oxygen atoms in total. The van der Waals surface area contributed by atoms with Crippen molar-refractivity contribution in [3.05, 3.63) is 58.3 Å². The van der Waals surface area contributed by atoms with Crippen LogP contribution >= 0.6 is 0 Å². The number of hydrogen-bond donors (Lipinski definition) is 2. The lowest BCUT2D eigenvalue weighted by atomic mass is 9.49. The number of piperidine rings is 1. The highest BCUT2D eigenvalue weighted by Gasteiger charge is 2.72. The Labute approximate surface area is 209 Å². The Morgan fingerprint density at radius 2 is 2.11 bits per heavy atom. The third kappa shape index (κ3) is 2.39. The number of aromatic nitrogens is 1. The lowest BCUT2D eigenvalue weighted by Gasteiger charge is -2.62. The number of ether oxygens (including phenoxy) is 3. The zero-order chi connectivity index (χ0) is 24.4. The van der Waals surface area contributed by atoms with E-state index in [1.165, 1.54) is 25.5 Å². The van der Waals surface area contributed by atoms with Crippen molar-refractivity contribution in [3.8, 4) is 11.5 Å². The summed E-state index contributed by atoms with van der Waals surface area (Å²) in [6, 6.07) is 9.88. The van der Waals surface area contributed by atoms with Gasteiger partial charge in [0.25, 0.3) is 0 Å². The zero-order valence-electron chi connectivity index (χ0n) is 20.6. The van der Waals surface area contributed by atoms with Crippen LogP contribution in [0.3, 0.4) is 0 Å². The average molecular weight is 487 g/mol. The number of carbonyl (C=O) groups excluding carboxylic acids is 1. The molecule has 186 valence electrons. The van der Waals surface area contributed by atoms with Gasteiger partial charge in [-0.25, -0.2) is 4.79 Å². The van der Waals surface area contributed by atoms with Crippen LogP contribution in [0, 0.1) is 5.92 Å². The minimum absolute atomic E-state index is 0.0391. The molecule has 8 rings (SSSR count). The maximum atomic E-state index is 12.9. The Kier molecular flexibility index (Phi) is 4.01. The van der Waals surface area contributed by atoms with Crippen LogP contribution in [0.15, 0.2) is 30.3 Å². The maximum absolute atomic E-state index is 12.9. The number of nitrogens with one attached hydrogen (secondary N) is 1. The second-order valence-corrected chi connectivity index (χ2v) is 11.4. The van der Waals surface area contributed by atoms with E-state index in [1.807, 2.05) is 24.3 Å². The van der Waals surface area contributed by atoms with Crippen molar-refractivity contribution < 1.29 is 24.1 Å². The average Bonchev–Trinajstić information content (AvgIpc) is 3.53. The second kappa shape index (κ2) is 6.84. The summed E-state index contributed by atoms with van der Waals surface area (Å²) in [6.07, 6.45) is 4.47. The van der Waals surface area contributed by atoms with Gasteiger partial charge in [0.05, 0.1) is 36.5 Å². The van der Waals surface area contributed by atoms with E-state index >= 15 is 0 Å². The second-order valence-electron chi connectivity index (χ2n) is 11.4. The van der Waals surface area contributed by atoms with E-state index in [0.29, 0.717) is 12.0 Å². The Balaban J connectivity index is 1.37. The number of H-pyrrole nitrogens is 1. The monoisotopic (exact) mass is 486 g/mol. The highest BCUT2D eigenvalue weighted by Crippen LogP contribution is 2.69. The third-order valence-corrected chi connectivity index (χ3v) is 9.79. The van der Waals surface area contributed by atoms with Crippen LogP contribution in [0.1, 0.15) is 58.1 Å². The standard InChI is InChI=1S/C29H30N2O5/c1-34-21-8-6-16-12-22-29(33)13-19-18-7-5-17(27(32)35-2)11-20(18)30-24(19)26-28(29,23(16)25(21)36-26)9-10-31(22)14-15-3-4-15/h5-8,11,15,22,26,30,33H,3-4,9-10,12-14H2,1-2H3. The van der Waals surface area contributed by atoms with Crippen molar-refractivity contribution in [1.82, 2.24) is 9.88 Å². The smallest absolute Gasteiger partial charge is 0.337 e. The first kappa shape index (κ1) is 21.1. The van der Waals surface area contributed by atoms with E-state index in [4.69, 9.17) is 14.2 Å². The molecule has 4 unspecified atom stereocenters. The molecule has 3 aromatic rings. The molecule has 2 N–H and O–H groups in total. The Hall–Kier alpha value is -3.03. The Morgan fingerprint density at radius 3 is 2.89 bits per heavy atom. The SMILES string of the molecule is COC(=O)c1ccc2c3c([nH]c2c1)C1Oc2c(OC)ccc4c2C12CCN(CC1CC1)C(C4)C2(O)C3. The van der Waals surface area contributed by atoms with Crippen LogP contribution in [0.4, 0.5) is 0 Å². The molecule has 1 saturated carbocycles. The van der Waals surface area contributed by atoms with E-state index < -0.39 is 11.0 Å². The number of benzene rings is 2. The van der Waals surface area contributed by atoms with Crippen molar-refractivity contribution in [3.63, 3.8) is 0 Å². The molecule has 1 saturated heterocycles. The van der Waals surface area contributed by atoms with Crippen LogP contribution in [0.5, 0.6) is 11.5 Å². The molecule has 36 heavy (non-hydrogen) atoms. The number of hydrogen-bond acceptors (Lipinski definition) is 6. The molecule has 7 heteroatoms. The normalized spacial score (nSPS) is 31.5. The number of likely N-dealkylation sites (tertiary alicyclic amines) is 1. The van der Waals surface area contributed by atoms with Crippen LogP contribution in [-0.4, -0.2) is 59.9 Å². The van der Waals surface area contributed by atoms with Gasteiger partial charge in [-0.1, -0.05) is 12.1 Å². The zero-order valence-corrected chi connectivity index (χ0v) is 20.6. The molecule has 2 fully saturated rings. The predicted octanol–water partition coefficient (Wildman–Crippen LogP) is 3.66. The molecule has 2 aliphatic heterocycles. The van der Waals surface area contributed by atoms with Crippen molar-refractivity contribution in [2.75, 3.05) is 27.3 Å². The van der Waals surface area contributed by atoms with Gasteiger partial charge in [0.15, 0.2) is 17.6 Å². The number of fused-ring (bicyclic) bond motifs is 4. The molecule has 3 heterocycles. The first-order valence-corrected chi connectivity index (χ1v) is 13.0. The molecular weight excluding hydrogens is 456 g/mol. The van der Waals surface area contributed by atoms with Gasteiger partial charge in [0.2, 0.25) is 0 Å². The number of methoxy groups -OCH3 is 2. The first-order valence-electron chi connectivity index (χ1n) is 13.0. The van der Waals surface area contributed by atoms with Gasteiger partial charge in [-0.2, -0.15) is 0 Å². The summed E-state index contributed by atoms with van der Waals surface area (Å²) in [7, 11) is 3.08. The van der Waals surface area contributed by atoms with E-state index in [-0.39, 0.29) is 18.1 Å². The highest BCUT2D eigenvalue weighted by atomic mass is 16.5. The predicted molar refractivity (Wildman–Crippen MR) is 133 cm³/mol. The molecule has 2 bridgehead atoms. The quantitative estimate of drug-likeness (QED) is 0.548.